The van der Waals surface area contributed by atoms with Crippen molar-refractivity contribution in [3.8, 4) is 0 Å². The highest BCUT2D eigenvalue weighted by molar-refractivity contribution is 7.80. The van der Waals surface area contributed by atoms with Crippen molar-refractivity contribution in [1.29, 1.82) is 0 Å². The predicted molar refractivity (Wildman–Crippen MR) is 113 cm³/mol. The largest absolute Gasteiger partial charge is 0.358 e. The van der Waals surface area contributed by atoms with E-state index in [0.717, 1.165) is 29.9 Å². The van der Waals surface area contributed by atoms with E-state index in [1.165, 1.54) is 12.8 Å². The minimum absolute atomic E-state index is 0.112. The number of amides is 1. The molecule has 152 valence electrons. The maximum atomic E-state index is 12.4. The molecule has 1 aromatic rings. The first kappa shape index (κ1) is 21.7. The number of hydrazine groups is 1. The highest BCUT2D eigenvalue weighted by Crippen LogP contribution is 2.29. The van der Waals surface area contributed by atoms with Gasteiger partial charge in [-0.1, -0.05) is 40.5 Å². The molecular formula is C20H35N5OS. The summed E-state index contributed by atoms with van der Waals surface area (Å²) in [5, 5.41) is 8.41. The summed E-state index contributed by atoms with van der Waals surface area (Å²) in [6.07, 6.45) is 3.91. The van der Waals surface area contributed by atoms with Gasteiger partial charge in [-0.05, 0) is 50.2 Å². The molecule has 1 aliphatic rings. The molecule has 0 aromatic carbocycles. The van der Waals surface area contributed by atoms with E-state index in [-0.39, 0.29) is 5.91 Å². The van der Waals surface area contributed by atoms with Crippen LogP contribution < -0.4 is 16.2 Å². The normalized spacial score (nSPS) is 22.6. The molecule has 3 atom stereocenters. The van der Waals surface area contributed by atoms with Crippen LogP contribution in [0.1, 0.15) is 63.9 Å². The van der Waals surface area contributed by atoms with Gasteiger partial charge >= 0.3 is 0 Å². The third-order valence-corrected chi connectivity index (χ3v) is 5.97. The van der Waals surface area contributed by atoms with Crippen LogP contribution >= 0.6 is 12.2 Å². The van der Waals surface area contributed by atoms with Gasteiger partial charge in [-0.3, -0.25) is 20.3 Å². The molecule has 27 heavy (non-hydrogen) atoms. The van der Waals surface area contributed by atoms with Gasteiger partial charge in [0.25, 0.3) is 0 Å². The highest BCUT2D eigenvalue weighted by atomic mass is 32.1. The van der Waals surface area contributed by atoms with Crippen LogP contribution in [0.4, 0.5) is 0 Å². The van der Waals surface area contributed by atoms with Crippen LogP contribution in [-0.4, -0.2) is 26.8 Å². The van der Waals surface area contributed by atoms with Crippen LogP contribution in [0.2, 0.25) is 0 Å². The van der Waals surface area contributed by atoms with Crippen molar-refractivity contribution in [2.45, 2.75) is 79.8 Å². The summed E-state index contributed by atoms with van der Waals surface area (Å²) >= 11 is 5.36. The molecule has 0 radical (unpaired) electrons. The molecule has 0 unspecified atom stereocenters. The Morgan fingerprint density at radius 2 is 1.96 bits per heavy atom. The lowest BCUT2D eigenvalue weighted by atomic mass is 9.78. The fourth-order valence-electron chi connectivity index (χ4n) is 3.83. The Labute approximate surface area is 168 Å². The molecule has 0 bridgehead atoms. The summed E-state index contributed by atoms with van der Waals surface area (Å²) in [4.78, 5) is 12.4. The fourth-order valence-corrected chi connectivity index (χ4v) is 4.04. The summed E-state index contributed by atoms with van der Waals surface area (Å²) in [5.41, 5.74) is 8.54. The van der Waals surface area contributed by atoms with E-state index in [2.05, 4.69) is 49.0 Å². The van der Waals surface area contributed by atoms with Gasteiger partial charge in [0.1, 0.15) is 0 Å². The first-order valence-corrected chi connectivity index (χ1v) is 10.5. The van der Waals surface area contributed by atoms with Crippen molar-refractivity contribution >= 4 is 23.2 Å². The summed E-state index contributed by atoms with van der Waals surface area (Å²) in [7, 11) is 0. The van der Waals surface area contributed by atoms with E-state index in [1.54, 1.807) is 0 Å². The van der Waals surface area contributed by atoms with Gasteiger partial charge in [-0.15, -0.1) is 0 Å². The molecule has 1 aliphatic carbocycles. The zero-order valence-electron chi connectivity index (χ0n) is 17.6. The highest BCUT2D eigenvalue weighted by Gasteiger charge is 2.27. The third-order valence-electron chi connectivity index (χ3n) is 5.75. The lowest BCUT2D eigenvalue weighted by Gasteiger charge is -2.35. The number of nitrogens with one attached hydrogen (secondary N) is 3. The van der Waals surface area contributed by atoms with Gasteiger partial charge in [0.2, 0.25) is 5.91 Å². The first-order valence-electron chi connectivity index (χ1n) is 10.1. The maximum Gasteiger partial charge on any atom is 0.242 e. The topological polar surface area (TPSA) is 71.0 Å². The zero-order chi connectivity index (χ0) is 20.1. The summed E-state index contributed by atoms with van der Waals surface area (Å²) in [5.74, 6) is 1.67. The van der Waals surface area contributed by atoms with E-state index >= 15 is 0 Å². The average molecular weight is 394 g/mol. The average Bonchev–Trinajstić information content (AvgIpc) is 2.84. The molecule has 1 fully saturated rings. The smallest absolute Gasteiger partial charge is 0.242 e. The van der Waals surface area contributed by atoms with Gasteiger partial charge in [-0.2, -0.15) is 5.10 Å². The number of hydrogen-bond donors (Lipinski definition) is 3. The number of nitrogens with zero attached hydrogens (tertiary/aromatic N) is 2. The molecule has 6 nitrogen and oxygen atoms in total. The van der Waals surface area contributed by atoms with E-state index in [0.29, 0.717) is 35.3 Å². The Bertz CT molecular complexity index is 670. The Hall–Kier alpha value is -1.63. The van der Waals surface area contributed by atoms with Gasteiger partial charge < -0.3 is 5.32 Å². The Morgan fingerprint density at radius 1 is 1.26 bits per heavy atom. The van der Waals surface area contributed by atoms with Crippen LogP contribution in [0.3, 0.4) is 0 Å². The van der Waals surface area contributed by atoms with Crippen molar-refractivity contribution in [2.24, 2.45) is 17.8 Å². The summed E-state index contributed by atoms with van der Waals surface area (Å²) in [6, 6.07) is 0.365. The van der Waals surface area contributed by atoms with E-state index < -0.39 is 0 Å². The van der Waals surface area contributed by atoms with Crippen molar-refractivity contribution in [1.82, 2.24) is 25.9 Å². The molecule has 0 spiro atoms. The second-order valence-electron chi connectivity index (χ2n) is 8.42. The number of carbonyl (C=O) groups is 1. The van der Waals surface area contributed by atoms with E-state index in [1.807, 2.05) is 18.5 Å². The standard InChI is InChI=1S/C20H35N5OS/c1-12(2)11-25-16(6)17(15(5)24-25)10-19(26)22-23-20(27)21-18-9-7-8-13(3)14(18)4/h12-14,18H,7-11H2,1-6H3,(H,22,26)(H2,21,23,27)/t13-,14+,18+/m1/s1. The molecule has 1 amide bonds. The Morgan fingerprint density at radius 3 is 2.63 bits per heavy atom. The van der Waals surface area contributed by atoms with Crippen LogP contribution in [0.15, 0.2) is 0 Å². The van der Waals surface area contributed by atoms with Gasteiger partial charge in [0.05, 0.1) is 12.1 Å². The number of rotatable bonds is 5. The molecule has 2 rings (SSSR count). The van der Waals surface area contributed by atoms with Crippen molar-refractivity contribution in [2.75, 3.05) is 0 Å². The molecule has 3 N–H and O–H groups in total. The molecule has 1 aromatic heterocycles. The van der Waals surface area contributed by atoms with E-state index in [4.69, 9.17) is 12.2 Å². The number of aromatic nitrogens is 2. The summed E-state index contributed by atoms with van der Waals surface area (Å²) in [6.45, 7) is 13.7. The first-order chi connectivity index (χ1) is 12.7. The molecule has 0 saturated heterocycles. The second-order valence-corrected chi connectivity index (χ2v) is 8.83. The van der Waals surface area contributed by atoms with Crippen molar-refractivity contribution in [3.05, 3.63) is 17.0 Å². The Kier molecular flexibility index (Phi) is 7.65. The van der Waals surface area contributed by atoms with Crippen LogP contribution in [-0.2, 0) is 17.8 Å². The SMILES string of the molecule is Cc1nn(CC(C)C)c(C)c1CC(=O)NNC(=S)N[C@H]1CCC[C@@H](C)[C@@H]1C. The van der Waals surface area contributed by atoms with E-state index in [9.17, 15) is 4.79 Å². The molecule has 1 heterocycles. The van der Waals surface area contributed by atoms with Crippen LogP contribution in [0.25, 0.3) is 0 Å². The monoisotopic (exact) mass is 393 g/mol. The number of aryl methyl sites for hydroxylation is 1. The predicted octanol–water partition coefficient (Wildman–Crippen LogP) is 3.02. The van der Waals surface area contributed by atoms with Crippen LogP contribution in [0, 0.1) is 31.6 Å². The van der Waals surface area contributed by atoms with Gasteiger partial charge in [-0.25, -0.2) is 0 Å². The number of hydrogen-bond acceptors (Lipinski definition) is 3. The van der Waals surface area contributed by atoms with Crippen molar-refractivity contribution in [3.63, 3.8) is 0 Å². The van der Waals surface area contributed by atoms with Gasteiger partial charge in [0, 0.05) is 23.8 Å². The number of thiocarbonyl (C=S) groups is 1. The molecule has 7 heteroatoms. The summed E-state index contributed by atoms with van der Waals surface area (Å²) < 4.78 is 1.99. The third kappa shape index (κ3) is 5.92. The molecule has 1 saturated carbocycles. The molecule has 0 aliphatic heterocycles. The fraction of sp³-hybridized carbons (Fsp3) is 0.750. The maximum absolute atomic E-state index is 12.4. The quantitative estimate of drug-likeness (QED) is 0.530. The minimum Gasteiger partial charge on any atom is -0.358 e. The van der Waals surface area contributed by atoms with Crippen molar-refractivity contribution < 1.29 is 4.79 Å². The minimum atomic E-state index is -0.112. The molecular weight excluding hydrogens is 358 g/mol. The number of carbonyl (C=O) groups excluding carboxylic acids is 1. The lowest BCUT2D eigenvalue weighted by Crippen LogP contribution is -2.52. The second kappa shape index (κ2) is 9.53. The van der Waals surface area contributed by atoms with Crippen LogP contribution in [0.5, 0.6) is 0 Å². The lowest BCUT2D eigenvalue weighted by molar-refractivity contribution is -0.121. The van der Waals surface area contributed by atoms with Gasteiger partial charge in [0.15, 0.2) is 5.11 Å². The Balaban J connectivity index is 1.84. The zero-order valence-corrected chi connectivity index (χ0v) is 18.4.